The number of hydrogen-bond acceptors (Lipinski definition) is 4. The molecule has 8 heteroatoms. The molecule has 0 spiro atoms. The molecule has 1 saturated heterocycles. The summed E-state index contributed by atoms with van der Waals surface area (Å²) in [5.41, 5.74) is 2.56. The van der Waals surface area contributed by atoms with Gasteiger partial charge < -0.3 is 15.5 Å². The highest BCUT2D eigenvalue weighted by molar-refractivity contribution is 5.92. The van der Waals surface area contributed by atoms with E-state index in [2.05, 4.69) is 10.6 Å². The predicted molar refractivity (Wildman–Crippen MR) is 120 cm³/mol. The normalized spacial score (nSPS) is 15.2. The van der Waals surface area contributed by atoms with Crippen molar-refractivity contribution >= 4 is 23.4 Å². The summed E-state index contributed by atoms with van der Waals surface area (Å²) in [6.45, 7) is 5.84. The number of anilines is 1. The molecule has 1 heterocycles. The van der Waals surface area contributed by atoms with Crippen molar-refractivity contribution in [1.82, 2.24) is 15.1 Å². The van der Waals surface area contributed by atoms with Crippen molar-refractivity contribution in [3.8, 4) is 0 Å². The van der Waals surface area contributed by atoms with Crippen LogP contribution in [0, 0.1) is 12.7 Å². The summed E-state index contributed by atoms with van der Waals surface area (Å²) < 4.78 is 13.0. The number of nitrogens with zero attached hydrogens (tertiary/aromatic N) is 2. The molecular weight excluding hydrogens is 411 g/mol. The molecule has 2 N–H and O–H groups in total. The van der Waals surface area contributed by atoms with E-state index < -0.39 is 0 Å². The maximum atomic E-state index is 13.0. The van der Waals surface area contributed by atoms with Crippen LogP contribution >= 0.6 is 0 Å². The average molecular weight is 441 g/mol. The van der Waals surface area contributed by atoms with Gasteiger partial charge in [-0.15, -0.1) is 0 Å². The number of aryl methyl sites for hydroxylation is 1. The van der Waals surface area contributed by atoms with Crippen LogP contribution in [-0.2, 0) is 14.4 Å². The molecule has 3 amide bonds. The molecule has 2 aromatic rings. The molecule has 7 nitrogen and oxygen atoms in total. The lowest BCUT2D eigenvalue weighted by atomic mass is 10.0. The number of benzene rings is 2. The zero-order valence-corrected chi connectivity index (χ0v) is 18.4. The lowest BCUT2D eigenvalue weighted by Crippen LogP contribution is -2.51. The number of halogens is 1. The number of nitrogens with one attached hydrogen (secondary N) is 2. The lowest BCUT2D eigenvalue weighted by molar-refractivity contribution is -0.133. The van der Waals surface area contributed by atoms with Crippen LogP contribution in [0.2, 0.25) is 0 Å². The summed E-state index contributed by atoms with van der Waals surface area (Å²) in [5.74, 6) is -0.742. The van der Waals surface area contributed by atoms with Gasteiger partial charge in [0.05, 0.1) is 19.0 Å². The van der Waals surface area contributed by atoms with Crippen LogP contribution in [0.4, 0.5) is 10.1 Å². The molecule has 3 rings (SSSR count). The smallest absolute Gasteiger partial charge is 0.238 e. The fourth-order valence-electron chi connectivity index (χ4n) is 3.69. The zero-order valence-electron chi connectivity index (χ0n) is 18.4. The van der Waals surface area contributed by atoms with E-state index in [0.29, 0.717) is 31.9 Å². The van der Waals surface area contributed by atoms with Crippen LogP contribution < -0.4 is 10.6 Å². The van der Waals surface area contributed by atoms with Gasteiger partial charge in [-0.05, 0) is 36.8 Å². The number of amides is 3. The van der Waals surface area contributed by atoms with E-state index >= 15 is 0 Å². The summed E-state index contributed by atoms with van der Waals surface area (Å²) in [6.07, 6.45) is 0.188. The fourth-order valence-corrected chi connectivity index (χ4v) is 3.69. The highest BCUT2D eigenvalue weighted by Gasteiger charge is 2.25. The summed E-state index contributed by atoms with van der Waals surface area (Å²) >= 11 is 0. The number of carbonyl (C=O) groups is 3. The van der Waals surface area contributed by atoms with Crippen molar-refractivity contribution in [2.24, 2.45) is 0 Å². The van der Waals surface area contributed by atoms with Crippen LogP contribution in [0.25, 0.3) is 0 Å². The monoisotopic (exact) mass is 440 g/mol. The maximum Gasteiger partial charge on any atom is 0.238 e. The highest BCUT2D eigenvalue weighted by atomic mass is 19.1. The van der Waals surface area contributed by atoms with Crippen molar-refractivity contribution in [3.05, 3.63) is 65.5 Å². The molecule has 0 radical (unpaired) electrons. The largest absolute Gasteiger partial charge is 0.349 e. The first kappa shape index (κ1) is 23.4. The molecule has 32 heavy (non-hydrogen) atoms. The first-order valence-corrected chi connectivity index (χ1v) is 10.7. The van der Waals surface area contributed by atoms with Gasteiger partial charge in [-0.3, -0.25) is 19.3 Å². The van der Waals surface area contributed by atoms with Gasteiger partial charge in [0.2, 0.25) is 17.7 Å². The van der Waals surface area contributed by atoms with E-state index in [1.54, 1.807) is 4.90 Å². The van der Waals surface area contributed by atoms with Crippen molar-refractivity contribution in [2.75, 3.05) is 38.0 Å². The SMILES string of the molecule is CC(=O)N[C@@H](CC(=O)N1CCN(CC(=O)Nc2ccc(F)cc2)CC1)c1ccc(C)cc1. The molecular formula is C24H29FN4O3. The third-order valence-corrected chi connectivity index (χ3v) is 5.46. The molecule has 1 aliphatic rings. The Hall–Kier alpha value is -3.26. The Kier molecular flexibility index (Phi) is 7.94. The molecule has 0 saturated carbocycles. The molecule has 1 fully saturated rings. The average Bonchev–Trinajstić information content (AvgIpc) is 2.75. The Morgan fingerprint density at radius 1 is 0.969 bits per heavy atom. The fraction of sp³-hybridized carbons (Fsp3) is 0.375. The van der Waals surface area contributed by atoms with Crippen LogP contribution in [0.5, 0.6) is 0 Å². The van der Waals surface area contributed by atoms with Crippen molar-refractivity contribution in [3.63, 3.8) is 0 Å². The van der Waals surface area contributed by atoms with Gasteiger partial charge in [-0.2, -0.15) is 0 Å². The molecule has 0 aliphatic carbocycles. The molecule has 0 bridgehead atoms. The summed E-state index contributed by atoms with van der Waals surface area (Å²) in [6, 6.07) is 13.0. The lowest BCUT2D eigenvalue weighted by Gasteiger charge is -2.35. The quantitative estimate of drug-likeness (QED) is 0.693. The van der Waals surface area contributed by atoms with Gasteiger partial charge in [-0.1, -0.05) is 29.8 Å². The Balaban J connectivity index is 1.49. The van der Waals surface area contributed by atoms with Crippen molar-refractivity contribution < 1.29 is 18.8 Å². The van der Waals surface area contributed by atoms with E-state index in [9.17, 15) is 18.8 Å². The minimum absolute atomic E-state index is 0.0280. The van der Waals surface area contributed by atoms with E-state index in [4.69, 9.17) is 0 Å². The van der Waals surface area contributed by atoms with Gasteiger partial charge in [0, 0.05) is 38.8 Å². The summed E-state index contributed by atoms with van der Waals surface area (Å²) in [7, 11) is 0. The molecule has 1 aliphatic heterocycles. The number of rotatable bonds is 7. The second kappa shape index (κ2) is 10.9. The Labute approximate surface area is 187 Å². The van der Waals surface area contributed by atoms with Crippen molar-refractivity contribution in [2.45, 2.75) is 26.3 Å². The topological polar surface area (TPSA) is 81.8 Å². The number of carbonyl (C=O) groups excluding carboxylic acids is 3. The van der Waals surface area contributed by atoms with Crippen molar-refractivity contribution in [1.29, 1.82) is 0 Å². The zero-order chi connectivity index (χ0) is 23.1. The van der Waals surface area contributed by atoms with Crippen LogP contribution in [0.3, 0.4) is 0 Å². The molecule has 170 valence electrons. The first-order chi connectivity index (χ1) is 15.3. The minimum Gasteiger partial charge on any atom is -0.349 e. The highest BCUT2D eigenvalue weighted by Crippen LogP contribution is 2.19. The summed E-state index contributed by atoms with van der Waals surface area (Å²) in [4.78, 5) is 40.5. The van der Waals surface area contributed by atoms with Gasteiger partial charge in [0.1, 0.15) is 5.82 Å². The van der Waals surface area contributed by atoms with Crippen LogP contribution in [-0.4, -0.2) is 60.2 Å². The van der Waals surface area contributed by atoms with Gasteiger partial charge in [-0.25, -0.2) is 4.39 Å². The molecule has 0 unspecified atom stereocenters. The summed E-state index contributed by atoms with van der Waals surface area (Å²) in [5, 5.41) is 5.62. The molecule has 1 atom stereocenters. The third-order valence-electron chi connectivity index (χ3n) is 5.46. The number of hydrogen-bond donors (Lipinski definition) is 2. The Morgan fingerprint density at radius 2 is 1.59 bits per heavy atom. The molecule has 2 aromatic carbocycles. The minimum atomic E-state index is -0.375. The van der Waals surface area contributed by atoms with Gasteiger partial charge >= 0.3 is 0 Å². The molecule has 0 aromatic heterocycles. The van der Waals surface area contributed by atoms with E-state index in [0.717, 1.165) is 11.1 Å². The predicted octanol–water partition coefficient (Wildman–Crippen LogP) is 2.48. The van der Waals surface area contributed by atoms with Gasteiger partial charge in [0.15, 0.2) is 0 Å². The van der Waals surface area contributed by atoms with Crippen LogP contribution in [0.15, 0.2) is 48.5 Å². The standard InChI is InChI=1S/C24H29FN4O3/c1-17-3-5-19(6-4-17)22(26-18(2)30)15-24(32)29-13-11-28(12-14-29)16-23(31)27-21-9-7-20(25)8-10-21/h3-10,22H,11-16H2,1-2H3,(H,26,30)(H,27,31)/t22-/m0/s1. The first-order valence-electron chi connectivity index (χ1n) is 10.7. The Morgan fingerprint density at radius 3 is 2.19 bits per heavy atom. The number of piperazine rings is 1. The second-order valence-corrected chi connectivity index (χ2v) is 8.08. The second-order valence-electron chi connectivity index (χ2n) is 8.08. The third kappa shape index (κ3) is 6.88. The van der Waals surface area contributed by atoms with Gasteiger partial charge in [0.25, 0.3) is 0 Å². The Bertz CT molecular complexity index is 939. The van der Waals surface area contributed by atoms with E-state index in [1.807, 2.05) is 36.1 Å². The van der Waals surface area contributed by atoms with E-state index in [1.165, 1.54) is 31.2 Å². The maximum absolute atomic E-state index is 13.0. The van der Waals surface area contributed by atoms with E-state index in [-0.39, 0.29) is 42.5 Å². The van der Waals surface area contributed by atoms with Crippen LogP contribution in [0.1, 0.15) is 30.5 Å².